The molecule has 140 valence electrons. The molecule has 0 atom stereocenters. The molecular weight excluding hydrogens is 380 g/mol. The van der Waals surface area contributed by atoms with Gasteiger partial charge in [-0.2, -0.15) is 17.6 Å². The van der Waals surface area contributed by atoms with Gasteiger partial charge in [0.2, 0.25) is 15.8 Å². The Morgan fingerprint density at radius 1 is 1.08 bits per heavy atom. The highest BCUT2D eigenvalue weighted by Gasteiger charge is 2.29. The number of halogens is 4. The first-order valence-electron chi connectivity index (χ1n) is 7.10. The van der Waals surface area contributed by atoms with Gasteiger partial charge in [-0.1, -0.05) is 12.1 Å². The van der Waals surface area contributed by atoms with Gasteiger partial charge >= 0.3 is 11.9 Å². The normalized spacial score (nSPS) is 12.2. The van der Waals surface area contributed by atoms with Crippen LogP contribution in [0.25, 0.3) is 0 Å². The first kappa shape index (κ1) is 19.8. The highest BCUT2D eigenvalue weighted by Crippen LogP contribution is 2.29. The van der Waals surface area contributed by atoms with E-state index in [1.54, 1.807) is 0 Å². The van der Waals surface area contributed by atoms with E-state index in [0.29, 0.717) is 17.7 Å². The molecule has 0 spiro atoms. The topological polar surface area (TPSA) is 89.3 Å². The number of benzene rings is 2. The van der Waals surface area contributed by atoms with Crippen molar-refractivity contribution in [1.29, 1.82) is 0 Å². The molecule has 0 saturated heterocycles. The fraction of sp³-hybridized carbons (Fsp3) is 0.200. The number of nitro benzene ring substituents is 1. The number of nitrogens with one attached hydrogen (secondary N) is 1. The van der Waals surface area contributed by atoms with E-state index >= 15 is 0 Å². The quantitative estimate of drug-likeness (QED) is 0.464. The van der Waals surface area contributed by atoms with Gasteiger partial charge in [-0.25, -0.2) is 13.1 Å². The van der Waals surface area contributed by atoms with Gasteiger partial charge in [0.15, 0.2) is 0 Å². The number of hydrogen-bond acceptors (Lipinski definition) is 4. The number of alkyl halides is 3. The Bertz CT molecular complexity index is 912. The van der Waals surface area contributed by atoms with E-state index in [9.17, 15) is 36.1 Å². The van der Waals surface area contributed by atoms with Crippen LogP contribution in [0.2, 0.25) is 0 Å². The van der Waals surface area contributed by atoms with Crippen LogP contribution in [0.4, 0.5) is 23.2 Å². The fourth-order valence-electron chi connectivity index (χ4n) is 2.07. The minimum Gasteiger partial charge on any atom is -0.258 e. The van der Waals surface area contributed by atoms with Crippen LogP contribution in [0.15, 0.2) is 47.4 Å². The van der Waals surface area contributed by atoms with Crippen molar-refractivity contribution in [3.8, 4) is 0 Å². The van der Waals surface area contributed by atoms with Crippen molar-refractivity contribution in [2.75, 3.05) is 6.54 Å². The van der Waals surface area contributed by atoms with Gasteiger partial charge in [-0.05, 0) is 36.2 Å². The number of sulfonamides is 1. The summed E-state index contributed by atoms with van der Waals surface area (Å²) in [7, 11) is -4.14. The monoisotopic (exact) mass is 392 g/mol. The molecule has 6 nitrogen and oxygen atoms in total. The second-order valence-electron chi connectivity index (χ2n) is 5.21. The Morgan fingerprint density at radius 2 is 1.69 bits per heavy atom. The minimum absolute atomic E-state index is 0.0979. The summed E-state index contributed by atoms with van der Waals surface area (Å²) < 4.78 is 77.0. The molecule has 0 aromatic heterocycles. The Kier molecular flexibility index (Phi) is 5.62. The van der Waals surface area contributed by atoms with Gasteiger partial charge in [0, 0.05) is 12.6 Å². The first-order chi connectivity index (χ1) is 12.0. The molecule has 2 rings (SSSR count). The first-order valence-corrected chi connectivity index (χ1v) is 8.59. The fourth-order valence-corrected chi connectivity index (χ4v) is 3.12. The zero-order valence-corrected chi connectivity index (χ0v) is 13.8. The van der Waals surface area contributed by atoms with Crippen LogP contribution in [0.1, 0.15) is 11.1 Å². The summed E-state index contributed by atoms with van der Waals surface area (Å²) in [6.07, 6.45) is -4.36. The van der Waals surface area contributed by atoms with Gasteiger partial charge < -0.3 is 0 Å². The van der Waals surface area contributed by atoms with Gasteiger partial charge in [-0.3, -0.25) is 10.1 Å². The van der Waals surface area contributed by atoms with E-state index in [2.05, 4.69) is 4.72 Å². The minimum atomic E-state index is -4.46. The van der Waals surface area contributed by atoms with Crippen molar-refractivity contribution < 1.29 is 30.9 Å². The van der Waals surface area contributed by atoms with Gasteiger partial charge in [0.05, 0.1) is 15.4 Å². The van der Waals surface area contributed by atoms with Crippen molar-refractivity contribution >= 4 is 15.7 Å². The third-order valence-electron chi connectivity index (χ3n) is 3.41. The third kappa shape index (κ3) is 4.76. The highest BCUT2D eigenvalue weighted by atomic mass is 32.2. The van der Waals surface area contributed by atoms with Crippen LogP contribution in [0, 0.1) is 15.9 Å². The Morgan fingerprint density at radius 3 is 2.23 bits per heavy atom. The summed E-state index contributed by atoms with van der Waals surface area (Å²) >= 11 is 0. The second-order valence-corrected chi connectivity index (χ2v) is 6.98. The van der Waals surface area contributed by atoms with Crippen molar-refractivity contribution in [3.63, 3.8) is 0 Å². The average molecular weight is 392 g/mol. The van der Waals surface area contributed by atoms with Gasteiger partial charge in [-0.15, -0.1) is 0 Å². The van der Waals surface area contributed by atoms with Crippen LogP contribution >= 0.6 is 0 Å². The summed E-state index contributed by atoms with van der Waals surface area (Å²) in [5.41, 5.74) is -1.33. The highest BCUT2D eigenvalue weighted by molar-refractivity contribution is 7.89. The molecule has 2 aromatic rings. The lowest BCUT2D eigenvalue weighted by atomic mass is 10.1. The molecule has 0 aliphatic rings. The van der Waals surface area contributed by atoms with Crippen LogP contribution in [0.5, 0.6) is 0 Å². The third-order valence-corrected chi connectivity index (χ3v) is 4.87. The Hall–Kier alpha value is -2.53. The van der Waals surface area contributed by atoms with Crippen LogP contribution in [-0.2, 0) is 22.6 Å². The summed E-state index contributed by atoms with van der Waals surface area (Å²) in [5.74, 6) is -1.17. The number of nitro groups is 1. The molecule has 0 aliphatic carbocycles. The number of hydrogen-bond donors (Lipinski definition) is 1. The molecule has 0 heterocycles. The summed E-state index contributed by atoms with van der Waals surface area (Å²) in [4.78, 5) is 9.14. The second kappa shape index (κ2) is 7.38. The molecule has 0 amide bonds. The molecule has 0 saturated carbocycles. The molecule has 2 aromatic carbocycles. The molecule has 0 radical (unpaired) electrons. The SMILES string of the molecule is O=[N+]([O-])c1cc(S(=O)(=O)NCCc2ccc(C(F)(F)F)cc2)ccc1F. The number of nitrogens with zero attached hydrogens (tertiary/aromatic N) is 1. The predicted molar refractivity (Wildman–Crippen MR) is 83.4 cm³/mol. The summed E-state index contributed by atoms with van der Waals surface area (Å²) in [6, 6.07) is 6.35. The largest absolute Gasteiger partial charge is 0.416 e. The van der Waals surface area contributed by atoms with Crippen molar-refractivity contribution in [2.24, 2.45) is 0 Å². The Labute approximate surface area is 145 Å². The van der Waals surface area contributed by atoms with Crippen molar-refractivity contribution in [1.82, 2.24) is 4.72 Å². The van der Waals surface area contributed by atoms with Gasteiger partial charge in [0.1, 0.15) is 0 Å². The Balaban J connectivity index is 2.05. The smallest absolute Gasteiger partial charge is 0.258 e. The molecule has 26 heavy (non-hydrogen) atoms. The molecule has 0 aliphatic heterocycles. The van der Waals surface area contributed by atoms with E-state index in [1.807, 2.05) is 0 Å². The maximum Gasteiger partial charge on any atom is 0.416 e. The summed E-state index contributed by atoms with van der Waals surface area (Å²) in [6.45, 7) is -0.154. The van der Waals surface area contributed by atoms with Crippen molar-refractivity contribution in [2.45, 2.75) is 17.5 Å². The lowest BCUT2D eigenvalue weighted by Gasteiger charge is -2.09. The zero-order valence-electron chi connectivity index (χ0n) is 13.0. The van der Waals surface area contributed by atoms with Crippen LogP contribution in [-0.4, -0.2) is 19.9 Å². The average Bonchev–Trinajstić information content (AvgIpc) is 2.54. The van der Waals surface area contributed by atoms with E-state index in [-0.39, 0.29) is 13.0 Å². The summed E-state index contributed by atoms with van der Waals surface area (Å²) in [5, 5.41) is 10.7. The molecule has 0 bridgehead atoms. The predicted octanol–water partition coefficient (Wildman–Crippen LogP) is 3.27. The van der Waals surface area contributed by atoms with Crippen LogP contribution < -0.4 is 4.72 Å². The number of rotatable bonds is 6. The van der Waals surface area contributed by atoms with E-state index in [4.69, 9.17) is 0 Å². The lowest BCUT2D eigenvalue weighted by Crippen LogP contribution is -2.26. The zero-order chi connectivity index (χ0) is 19.5. The molecule has 0 unspecified atom stereocenters. The maximum absolute atomic E-state index is 13.3. The standard InChI is InChI=1S/C15H12F4N2O4S/c16-13-6-5-12(9-14(13)21(22)23)26(24,25)20-8-7-10-1-3-11(4-2-10)15(17,18)19/h1-6,9,20H,7-8H2. The van der Waals surface area contributed by atoms with E-state index in [0.717, 1.165) is 18.2 Å². The maximum atomic E-state index is 13.3. The lowest BCUT2D eigenvalue weighted by molar-refractivity contribution is -0.387. The van der Waals surface area contributed by atoms with Crippen LogP contribution in [0.3, 0.4) is 0 Å². The van der Waals surface area contributed by atoms with E-state index < -0.39 is 43.1 Å². The molecular formula is C15H12F4N2O4S. The molecule has 1 N–H and O–H groups in total. The molecule has 11 heteroatoms. The van der Waals surface area contributed by atoms with Crippen molar-refractivity contribution in [3.05, 3.63) is 69.5 Å². The molecule has 0 fully saturated rings. The van der Waals surface area contributed by atoms with Gasteiger partial charge in [0.25, 0.3) is 0 Å². The van der Waals surface area contributed by atoms with E-state index in [1.165, 1.54) is 12.1 Å².